The van der Waals surface area contributed by atoms with Crippen LogP contribution >= 0.6 is 0 Å². The van der Waals surface area contributed by atoms with Crippen molar-refractivity contribution in [1.29, 1.82) is 0 Å². The molecule has 29 heavy (non-hydrogen) atoms. The number of halogens is 1. The lowest BCUT2D eigenvalue weighted by Gasteiger charge is -2.35. The van der Waals surface area contributed by atoms with Crippen molar-refractivity contribution >= 4 is 0 Å². The zero-order chi connectivity index (χ0) is 20.5. The van der Waals surface area contributed by atoms with Crippen molar-refractivity contribution in [2.24, 2.45) is 11.8 Å². The third-order valence-corrected chi connectivity index (χ3v) is 6.51. The van der Waals surface area contributed by atoms with Crippen molar-refractivity contribution < 1.29 is 19.0 Å². The molecule has 2 aliphatic rings. The van der Waals surface area contributed by atoms with Gasteiger partial charge in [-0.3, -0.25) is 4.90 Å². The van der Waals surface area contributed by atoms with Crippen LogP contribution in [0, 0.1) is 31.5 Å². The van der Waals surface area contributed by atoms with Crippen molar-refractivity contribution in [2.45, 2.75) is 45.4 Å². The first-order valence-corrected chi connectivity index (χ1v) is 10.4. The fourth-order valence-electron chi connectivity index (χ4n) is 4.91. The minimum atomic E-state index is -0.480. The van der Waals surface area contributed by atoms with Gasteiger partial charge in [-0.2, -0.15) is 0 Å². The molecule has 4 rings (SSSR count). The van der Waals surface area contributed by atoms with Crippen LogP contribution in [0.3, 0.4) is 0 Å². The minimum absolute atomic E-state index is 0.230. The summed E-state index contributed by atoms with van der Waals surface area (Å²) in [4.78, 5) is 2.50. The number of hydrogen-bond donors (Lipinski definition) is 1. The number of aliphatic hydroxyl groups is 1. The Morgan fingerprint density at radius 2 is 1.72 bits per heavy atom. The van der Waals surface area contributed by atoms with E-state index in [1.54, 1.807) is 19.2 Å². The van der Waals surface area contributed by atoms with E-state index in [1.165, 1.54) is 23.3 Å². The number of nitrogens with zero attached hydrogens (tertiary/aromatic N) is 1. The molecule has 1 saturated carbocycles. The molecule has 5 heteroatoms. The first-order valence-electron chi connectivity index (χ1n) is 10.4. The fraction of sp³-hybridized carbons (Fsp3) is 0.500. The van der Waals surface area contributed by atoms with Gasteiger partial charge in [0.25, 0.3) is 0 Å². The van der Waals surface area contributed by atoms with Crippen LogP contribution in [0.5, 0.6) is 11.5 Å². The van der Waals surface area contributed by atoms with Crippen LogP contribution in [-0.4, -0.2) is 42.4 Å². The summed E-state index contributed by atoms with van der Waals surface area (Å²) in [6.07, 6.45) is 0.881. The van der Waals surface area contributed by atoms with E-state index in [-0.39, 0.29) is 11.9 Å². The number of likely N-dealkylation sites (tertiary alicyclic amines) is 1. The molecular weight excluding hydrogens is 369 g/mol. The summed E-state index contributed by atoms with van der Waals surface area (Å²) < 4.78 is 24.5. The zero-order valence-corrected chi connectivity index (χ0v) is 17.4. The molecule has 1 heterocycles. The van der Waals surface area contributed by atoms with Crippen LogP contribution in [0.4, 0.5) is 4.39 Å². The van der Waals surface area contributed by atoms with Crippen molar-refractivity contribution in [1.82, 2.24) is 4.90 Å². The van der Waals surface area contributed by atoms with E-state index in [4.69, 9.17) is 9.47 Å². The number of aliphatic hydroxyl groups excluding tert-OH is 1. The van der Waals surface area contributed by atoms with Gasteiger partial charge in [-0.25, -0.2) is 4.39 Å². The molecule has 4 nitrogen and oxygen atoms in total. The molecule has 2 fully saturated rings. The molecule has 2 aromatic rings. The average molecular weight is 400 g/mol. The third kappa shape index (κ3) is 4.41. The maximum absolute atomic E-state index is 13.1. The minimum Gasteiger partial charge on any atom is -0.496 e. The molecule has 0 unspecified atom stereocenters. The predicted octanol–water partition coefficient (Wildman–Crippen LogP) is 4.10. The second-order valence-electron chi connectivity index (χ2n) is 8.61. The Kier molecular flexibility index (Phi) is 5.79. The van der Waals surface area contributed by atoms with Crippen LogP contribution in [0.1, 0.15) is 29.5 Å². The summed E-state index contributed by atoms with van der Waals surface area (Å²) in [5, 5.41) is 10.6. The Labute approximate surface area is 172 Å². The van der Waals surface area contributed by atoms with Gasteiger partial charge in [-0.15, -0.1) is 0 Å². The number of fused-ring (bicyclic) bond motifs is 1. The summed E-state index contributed by atoms with van der Waals surface area (Å²) in [6, 6.07) is 10.4. The van der Waals surface area contributed by atoms with Crippen LogP contribution < -0.4 is 9.47 Å². The highest BCUT2D eigenvalue weighted by atomic mass is 19.1. The molecule has 1 saturated heterocycles. The quantitative estimate of drug-likeness (QED) is 0.822. The van der Waals surface area contributed by atoms with Crippen molar-refractivity contribution in [2.75, 3.05) is 20.2 Å². The maximum atomic E-state index is 13.1. The first kappa shape index (κ1) is 20.2. The number of methoxy groups -OCH3 is 1. The van der Waals surface area contributed by atoms with Crippen molar-refractivity contribution in [3.8, 4) is 11.5 Å². The summed E-state index contributed by atoms with van der Waals surface area (Å²) in [7, 11) is 1.71. The van der Waals surface area contributed by atoms with Gasteiger partial charge in [0.1, 0.15) is 23.4 Å². The second-order valence-corrected chi connectivity index (χ2v) is 8.61. The first-order chi connectivity index (χ1) is 13.9. The second kappa shape index (κ2) is 8.33. The number of benzene rings is 2. The average Bonchev–Trinajstić information content (AvgIpc) is 3.07. The molecule has 0 radical (unpaired) electrons. The van der Waals surface area contributed by atoms with Gasteiger partial charge in [-0.05, 0) is 85.5 Å². The number of aryl methyl sites for hydroxylation is 2. The number of rotatable bonds is 5. The van der Waals surface area contributed by atoms with Crippen LogP contribution in [0.15, 0.2) is 36.4 Å². The Morgan fingerprint density at radius 1 is 1.03 bits per heavy atom. The van der Waals surface area contributed by atoms with Crippen molar-refractivity contribution in [3.63, 3.8) is 0 Å². The van der Waals surface area contributed by atoms with Gasteiger partial charge in [-0.1, -0.05) is 6.07 Å². The Balaban J connectivity index is 1.40. The summed E-state index contributed by atoms with van der Waals surface area (Å²) in [5.41, 5.74) is 3.74. The standard InChI is InChI=1S/C24H30FNO3/c1-15-9-23(28-3)16(2)8-17(15)12-26-13-18-10-22(27)24(11-19(18)14-26)29-21-6-4-20(25)5-7-21/h4-9,18-19,22,24,27H,10-14H2,1-3H3/t18-,19+,22+,24+/m0/s1. The van der Waals surface area contributed by atoms with Gasteiger partial charge < -0.3 is 14.6 Å². The van der Waals surface area contributed by atoms with E-state index in [0.717, 1.165) is 43.8 Å². The highest BCUT2D eigenvalue weighted by Crippen LogP contribution is 2.39. The molecule has 1 N–H and O–H groups in total. The zero-order valence-electron chi connectivity index (χ0n) is 17.4. The molecular formula is C24H30FNO3. The van der Waals surface area contributed by atoms with Gasteiger partial charge >= 0.3 is 0 Å². The Morgan fingerprint density at radius 3 is 2.41 bits per heavy atom. The Bertz CT molecular complexity index is 854. The van der Waals surface area contributed by atoms with E-state index in [2.05, 4.69) is 30.9 Å². The van der Waals surface area contributed by atoms with E-state index in [0.29, 0.717) is 17.6 Å². The lowest BCUT2D eigenvalue weighted by atomic mass is 9.78. The predicted molar refractivity (Wildman–Crippen MR) is 111 cm³/mol. The molecule has 2 aromatic carbocycles. The molecule has 0 amide bonds. The van der Waals surface area contributed by atoms with Gasteiger partial charge in [0.2, 0.25) is 0 Å². The fourth-order valence-corrected chi connectivity index (χ4v) is 4.91. The molecule has 156 valence electrons. The van der Waals surface area contributed by atoms with E-state index in [9.17, 15) is 9.50 Å². The summed E-state index contributed by atoms with van der Waals surface area (Å²) in [5.74, 6) is 2.29. The monoisotopic (exact) mass is 399 g/mol. The third-order valence-electron chi connectivity index (χ3n) is 6.51. The SMILES string of the molecule is COc1cc(C)c(CN2C[C@H]3C[C@@H](Oc4ccc(F)cc4)[C@H](O)C[C@H]3C2)cc1C. The molecule has 0 spiro atoms. The van der Waals surface area contributed by atoms with Gasteiger partial charge in [0.15, 0.2) is 0 Å². The summed E-state index contributed by atoms with van der Waals surface area (Å²) >= 11 is 0. The van der Waals surface area contributed by atoms with Crippen LogP contribution in [-0.2, 0) is 6.54 Å². The lowest BCUT2D eigenvalue weighted by Crippen LogP contribution is -2.42. The van der Waals surface area contributed by atoms with Gasteiger partial charge in [0.05, 0.1) is 13.2 Å². The number of ether oxygens (including phenoxy) is 2. The maximum Gasteiger partial charge on any atom is 0.125 e. The van der Waals surface area contributed by atoms with E-state index >= 15 is 0 Å². The Hall–Kier alpha value is -2.11. The van der Waals surface area contributed by atoms with Crippen molar-refractivity contribution in [3.05, 3.63) is 58.9 Å². The lowest BCUT2D eigenvalue weighted by molar-refractivity contribution is -0.0231. The molecule has 0 bridgehead atoms. The smallest absolute Gasteiger partial charge is 0.125 e. The molecule has 0 aromatic heterocycles. The summed E-state index contributed by atoms with van der Waals surface area (Å²) in [6.45, 7) is 7.17. The number of hydrogen-bond acceptors (Lipinski definition) is 4. The molecule has 1 aliphatic carbocycles. The topological polar surface area (TPSA) is 41.9 Å². The van der Waals surface area contributed by atoms with Gasteiger partial charge in [0, 0.05) is 19.6 Å². The van der Waals surface area contributed by atoms with E-state index < -0.39 is 6.10 Å². The highest BCUT2D eigenvalue weighted by Gasteiger charge is 2.42. The largest absolute Gasteiger partial charge is 0.496 e. The molecule has 4 atom stereocenters. The van der Waals surface area contributed by atoms with Crippen LogP contribution in [0.2, 0.25) is 0 Å². The van der Waals surface area contributed by atoms with E-state index in [1.807, 2.05) is 0 Å². The highest BCUT2D eigenvalue weighted by molar-refractivity contribution is 5.41. The van der Waals surface area contributed by atoms with Crippen LogP contribution in [0.25, 0.3) is 0 Å². The molecule has 1 aliphatic heterocycles. The normalized spacial score (nSPS) is 26.9.